The van der Waals surface area contributed by atoms with Crippen LogP contribution in [0.2, 0.25) is 0 Å². The molecule has 0 spiro atoms. The number of carbonyl (C=O) groups is 4. The lowest BCUT2D eigenvalue weighted by molar-refractivity contribution is -0.141. The van der Waals surface area contributed by atoms with Gasteiger partial charge in [0.05, 0.1) is 6.04 Å². The summed E-state index contributed by atoms with van der Waals surface area (Å²) in [5, 5.41) is 16.5. The average Bonchev–Trinajstić information content (AvgIpc) is 2.61. The van der Waals surface area contributed by atoms with Crippen LogP contribution in [-0.4, -0.2) is 64.5 Å². The van der Waals surface area contributed by atoms with Gasteiger partial charge in [0, 0.05) is 11.5 Å². The van der Waals surface area contributed by atoms with E-state index >= 15 is 0 Å². The Morgan fingerprint density at radius 3 is 1.64 bits per heavy atom. The summed E-state index contributed by atoms with van der Waals surface area (Å²) in [6, 6.07) is -3.90. The van der Waals surface area contributed by atoms with Crippen LogP contribution in [0.3, 0.4) is 0 Å². The van der Waals surface area contributed by atoms with Crippen molar-refractivity contribution in [2.24, 2.45) is 17.6 Å². The van der Waals surface area contributed by atoms with E-state index in [0.717, 1.165) is 0 Å². The Hall–Kier alpha value is -1.46. The van der Waals surface area contributed by atoms with Gasteiger partial charge in [-0.3, -0.25) is 14.4 Å². The molecule has 3 amide bonds. The third-order valence-corrected chi connectivity index (χ3v) is 4.70. The second-order valence-corrected chi connectivity index (χ2v) is 8.02. The van der Waals surface area contributed by atoms with Crippen molar-refractivity contribution < 1.29 is 24.3 Å². The normalized spacial score (nSPS) is 15.5. The maximum atomic E-state index is 12.6. The van der Waals surface area contributed by atoms with Crippen LogP contribution in [0.5, 0.6) is 0 Å². The van der Waals surface area contributed by atoms with E-state index < -0.39 is 47.9 Å². The van der Waals surface area contributed by atoms with Gasteiger partial charge in [-0.1, -0.05) is 27.7 Å². The molecule has 0 fully saturated rings. The fourth-order valence-electron chi connectivity index (χ4n) is 2.20. The molecule has 0 aliphatic heterocycles. The molecule has 28 heavy (non-hydrogen) atoms. The van der Waals surface area contributed by atoms with E-state index in [1.54, 1.807) is 13.8 Å². The number of rotatable bonds is 12. The minimum absolute atomic E-state index is 0.00674. The van der Waals surface area contributed by atoms with Crippen molar-refractivity contribution in [2.45, 2.75) is 58.3 Å². The van der Waals surface area contributed by atoms with Gasteiger partial charge >= 0.3 is 5.97 Å². The fourth-order valence-corrected chi connectivity index (χ4v) is 2.70. The minimum Gasteiger partial charge on any atom is -0.480 e. The third-order valence-electron chi connectivity index (χ3n) is 3.97. The van der Waals surface area contributed by atoms with E-state index in [-0.39, 0.29) is 29.8 Å². The van der Waals surface area contributed by atoms with Gasteiger partial charge < -0.3 is 26.8 Å². The zero-order valence-electron chi connectivity index (χ0n) is 16.6. The van der Waals surface area contributed by atoms with Crippen LogP contribution in [0, 0.1) is 11.8 Å². The Labute approximate surface area is 176 Å². The predicted molar refractivity (Wildman–Crippen MR) is 113 cm³/mol. The van der Waals surface area contributed by atoms with E-state index in [0.29, 0.717) is 0 Å². The number of nitrogens with two attached hydrogens (primary N) is 1. The van der Waals surface area contributed by atoms with Crippen LogP contribution in [-0.2, 0) is 19.2 Å². The van der Waals surface area contributed by atoms with Gasteiger partial charge in [0.2, 0.25) is 17.7 Å². The summed E-state index contributed by atoms with van der Waals surface area (Å²) in [7, 11) is 0. The van der Waals surface area contributed by atoms with E-state index in [2.05, 4.69) is 41.2 Å². The summed E-state index contributed by atoms with van der Waals surface area (Å²) in [6.07, 6.45) is 0.287. The van der Waals surface area contributed by atoms with Crippen molar-refractivity contribution in [3.05, 3.63) is 0 Å². The van der Waals surface area contributed by atoms with Crippen LogP contribution in [0.25, 0.3) is 0 Å². The number of hydrogen-bond acceptors (Lipinski definition) is 7. The maximum Gasteiger partial charge on any atom is 0.327 e. The third kappa shape index (κ3) is 9.16. The molecule has 0 aromatic heterocycles. The molecule has 0 aliphatic carbocycles. The monoisotopic (exact) mass is 436 g/mol. The standard InChI is InChI=1S/C17H32N4O5S2/c1-8(2)5-10(14(22)21-12(7-28)17(25)26)19-15(23)11(6-27)20-16(24)13(18)9(3)4/h8-13,27-28H,5-7,18H2,1-4H3,(H,19,23)(H,20,24)(H,21,22)(H,25,26). The molecule has 11 heteroatoms. The second kappa shape index (κ2) is 12.9. The fraction of sp³-hybridized carbons (Fsp3) is 0.765. The number of carboxylic acid groups (broad SMARTS) is 1. The Kier molecular flexibility index (Phi) is 12.2. The predicted octanol–water partition coefficient (Wildman–Crippen LogP) is -0.586. The number of carboxylic acids is 1. The maximum absolute atomic E-state index is 12.6. The quantitative estimate of drug-likeness (QED) is 0.203. The molecule has 0 heterocycles. The molecule has 0 bridgehead atoms. The highest BCUT2D eigenvalue weighted by molar-refractivity contribution is 7.80. The molecular formula is C17H32N4O5S2. The van der Waals surface area contributed by atoms with Crippen LogP contribution in [0.4, 0.5) is 0 Å². The lowest BCUT2D eigenvalue weighted by Crippen LogP contribution is -2.58. The molecule has 0 aromatic rings. The number of hydrogen-bond donors (Lipinski definition) is 7. The van der Waals surface area contributed by atoms with Gasteiger partial charge in [-0.25, -0.2) is 4.79 Å². The molecule has 0 aromatic carbocycles. The lowest BCUT2D eigenvalue weighted by atomic mass is 10.0. The van der Waals surface area contributed by atoms with Gasteiger partial charge in [0.25, 0.3) is 0 Å². The number of aliphatic carboxylic acids is 1. The van der Waals surface area contributed by atoms with Crippen LogP contribution < -0.4 is 21.7 Å². The second-order valence-electron chi connectivity index (χ2n) is 7.29. The number of amides is 3. The van der Waals surface area contributed by atoms with Crippen molar-refractivity contribution in [1.29, 1.82) is 0 Å². The molecule has 4 unspecified atom stereocenters. The van der Waals surface area contributed by atoms with Crippen molar-refractivity contribution in [3.63, 3.8) is 0 Å². The van der Waals surface area contributed by atoms with Gasteiger partial charge in [-0.2, -0.15) is 25.3 Å². The van der Waals surface area contributed by atoms with E-state index in [9.17, 15) is 19.2 Å². The highest BCUT2D eigenvalue weighted by Gasteiger charge is 2.30. The molecule has 0 aliphatic rings. The first kappa shape index (κ1) is 26.5. The van der Waals surface area contributed by atoms with Crippen LogP contribution >= 0.6 is 25.3 Å². The number of carbonyl (C=O) groups excluding carboxylic acids is 3. The first-order valence-electron chi connectivity index (χ1n) is 9.05. The zero-order valence-corrected chi connectivity index (χ0v) is 18.4. The molecule has 0 saturated carbocycles. The molecule has 0 rings (SSSR count). The van der Waals surface area contributed by atoms with Crippen molar-refractivity contribution in [3.8, 4) is 0 Å². The van der Waals surface area contributed by atoms with E-state index in [1.165, 1.54) is 0 Å². The molecule has 0 radical (unpaired) electrons. The van der Waals surface area contributed by atoms with Gasteiger partial charge in [0.15, 0.2) is 0 Å². The van der Waals surface area contributed by atoms with E-state index in [1.807, 2.05) is 13.8 Å². The first-order valence-corrected chi connectivity index (χ1v) is 10.3. The summed E-state index contributed by atoms with van der Waals surface area (Å²) in [5.41, 5.74) is 5.78. The Balaban J connectivity index is 5.18. The molecule has 9 nitrogen and oxygen atoms in total. The molecular weight excluding hydrogens is 404 g/mol. The van der Waals surface area contributed by atoms with Gasteiger partial charge in [-0.05, 0) is 18.3 Å². The summed E-state index contributed by atoms with van der Waals surface area (Å²) < 4.78 is 0. The van der Waals surface area contributed by atoms with Crippen molar-refractivity contribution >= 4 is 48.9 Å². The summed E-state index contributed by atoms with van der Waals surface area (Å²) in [5.74, 6) is -3.09. The molecule has 0 saturated heterocycles. The minimum atomic E-state index is -1.22. The molecule has 162 valence electrons. The molecule has 6 N–H and O–H groups in total. The largest absolute Gasteiger partial charge is 0.480 e. The summed E-state index contributed by atoms with van der Waals surface area (Å²) in [6.45, 7) is 7.28. The van der Waals surface area contributed by atoms with Crippen LogP contribution in [0.15, 0.2) is 0 Å². The average molecular weight is 437 g/mol. The SMILES string of the molecule is CC(C)CC(NC(=O)C(CS)NC(=O)C(N)C(C)C)C(=O)NC(CS)C(=O)O. The number of thiol groups is 2. The first-order chi connectivity index (χ1) is 12.9. The highest BCUT2D eigenvalue weighted by Crippen LogP contribution is 2.07. The summed E-state index contributed by atoms with van der Waals surface area (Å²) >= 11 is 7.99. The summed E-state index contributed by atoms with van der Waals surface area (Å²) in [4.78, 5) is 48.2. The number of nitrogens with one attached hydrogen (secondary N) is 3. The topological polar surface area (TPSA) is 151 Å². The molecule has 4 atom stereocenters. The zero-order chi connectivity index (χ0) is 22.0. The highest BCUT2D eigenvalue weighted by atomic mass is 32.1. The van der Waals surface area contributed by atoms with Gasteiger partial charge in [0.1, 0.15) is 18.1 Å². The van der Waals surface area contributed by atoms with Crippen LogP contribution in [0.1, 0.15) is 34.1 Å². The lowest BCUT2D eigenvalue weighted by Gasteiger charge is -2.25. The smallest absolute Gasteiger partial charge is 0.327 e. The van der Waals surface area contributed by atoms with Crippen molar-refractivity contribution in [1.82, 2.24) is 16.0 Å². The van der Waals surface area contributed by atoms with Gasteiger partial charge in [-0.15, -0.1) is 0 Å². The van der Waals surface area contributed by atoms with E-state index in [4.69, 9.17) is 10.8 Å². The Morgan fingerprint density at radius 1 is 0.821 bits per heavy atom. The Morgan fingerprint density at radius 2 is 1.25 bits per heavy atom. The van der Waals surface area contributed by atoms with Crippen molar-refractivity contribution in [2.75, 3.05) is 11.5 Å². The Bertz CT molecular complexity index is 560.